The molecule has 3 aromatic carbocycles. The number of rotatable bonds is 3. The van der Waals surface area contributed by atoms with Crippen LogP contribution in [0.2, 0.25) is 0 Å². The third-order valence-corrected chi connectivity index (χ3v) is 5.36. The molecular formula is C23H17BO3. The van der Waals surface area contributed by atoms with Crippen LogP contribution in [0.15, 0.2) is 60.7 Å². The number of fused-ring (bicyclic) bond motifs is 3. The molecule has 0 aliphatic heterocycles. The largest absolute Gasteiger partial charge is 0.478 e. The van der Waals surface area contributed by atoms with Crippen molar-refractivity contribution >= 4 is 25.1 Å². The monoisotopic (exact) mass is 352 g/mol. The van der Waals surface area contributed by atoms with Gasteiger partial charge in [0, 0.05) is 16.5 Å². The van der Waals surface area contributed by atoms with Gasteiger partial charge in [0.15, 0.2) is 5.78 Å². The first-order chi connectivity index (χ1) is 12.8. The zero-order valence-electron chi connectivity index (χ0n) is 15.1. The fraction of sp³-hybridized carbons (Fsp3) is 0.130. The molecule has 0 amide bonds. The molecule has 0 bridgehead atoms. The van der Waals surface area contributed by atoms with Crippen LogP contribution in [0, 0.1) is 0 Å². The molecule has 0 fully saturated rings. The summed E-state index contributed by atoms with van der Waals surface area (Å²) in [5.41, 5.74) is 5.22. The maximum absolute atomic E-state index is 13.1. The molecule has 130 valence electrons. The second-order valence-corrected chi connectivity index (χ2v) is 7.37. The van der Waals surface area contributed by atoms with E-state index < -0.39 is 5.97 Å². The van der Waals surface area contributed by atoms with Crippen LogP contribution in [0.5, 0.6) is 0 Å². The fourth-order valence-electron chi connectivity index (χ4n) is 3.94. The van der Waals surface area contributed by atoms with Crippen LogP contribution in [0.3, 0.4) is 0 Å². The lowest BCUT2D eigenvalue weighted by molar-refractivity contribution is 0.0693. The summed E-state index contributed by atoms with van der Waals surface area (Å²) in [5.74, 6) is -1.48. The zero-order chi connectivity index (χ0) is 19.3. The van der Waals surface area contributed by atoms with Gasteiger partial charge in [-0.1, -0.05) is 67.8 Å². The van der Waals surface area contributed by atoms with Gasteiger partial charge in [-0.3, -0.25) is 4.79 Å². The Balaban J connectivity index is 1.85. The number of aromatic carboxylic acids is 1. The van der Waals surface area contributed by atoms with E-state index in [0.717, 1.165) is 11.1 Å². The van der Waals surface area contributed by atoms with Gasteiger partial charge in [-0.05, 0) is 34.4 Å². The molecule has 1 N–H and O–H groups in total. The molecular weight excluding hydrogens is 335 g/mol. The van der Waals surface area contributed by atoms with E-state index in [1.807, 2.05) is 24.3 Å². The second kappa shape index (κ2) is 5.95. The lowest BCUT2D eigenvalue weighted by Gasteiger charge is -2.21. The first kappa shape index (κ1) is 17.3. The highest BCUT2D eigenvalue weighted by atomic mass is 16.4. The highest BCUT2D eigenvalue weighted by Crippen LogP contribution is 2.48. The Morgan fingerprint density at radius 2 is 1.56 bits per heavy atom. The van der Waals surface area contributed by atoms with Crippen LogP contribution in [0.25, 0.3) is 11.1 Å². The van der Waals surface area contributed by atoms with E-state index >= 15 is 0 Å². The Labute approximate surface area is 159 Å². The smallest absolute Gasteiger partial charge is 0.336 e. The van der Waals surface area contributed by atoms with Crippen molar-refractivity contribution in [2.75, 3.05) is 0 Å². The lowest BCUT2D eigenvalue weighted by atomic mass is 9.81. The predicted molar refractivity (Wildman–Crippen MR) is 106 cm³/mol. The Bertz CT molecular complexity index is 1110. The number of carboxylic acid groups (broad SMARTS) is 1. The van der Waals surface area contributed by atoms with Crippen molar-refractivity contribution in [3.8, 4) is 11.1 Å². The average molecular weight is 352 g/mol. The van der Waals surface area contributed by atoms with Gasteiger partial charge in [0.25, 0.3) is 0 Å². The maximum Gasteiger partial charge on any atom is 0.336 e. The van der Waals surface area contributed by atoms with Crippen LogP contribution in [-0.4, -0.2) is 24.7 Å². The Morgan fingerprint density at radius 3 is 2.30 bits per heavy atom. The summed E-state index contributed by atoms with van der Waals surface area (Å²) < 4.78 is 0. The number of carbonyl (C=O) groups is 2. The van der Waals surface area contributed by atoms with Crippen LogP contribution < -0.4 is 5.46 Å². The highest BCUT2D eigenvalue weighted by Gasteiger charge is 2.35. The quantitative estimate of drug-likeness (QED) is 0.577. The molecule has 4 rings (SSSR count). The van der Waals surface area contributed by atoms with E-state index in [-0.39, 0.29) is 22.3 Å². The number of hydrogen-bond donors (Lipinski definition) is 1. The summed E-state index contributed by atoms with van der Waals surface area (Å²) in [6, 6.07) is 18.1. The topological polar surface area (TPSA) is 54.4 Å². The zero-order valence-corrected chi connectivity index (χ0v) is 15.1. The van der Waals surface area contributed by atoms with Crippen LogP contribution >= 0.6 is 0 Å². The third kappa shape index (κ3) is 2.60. The van der Waals surface area contributed by atoms with Crippen molar-refractivity contribution in [1.82, 2.24) is 0 Å². The predicted octanol–water partition coefficient (Wildman–Crippen LogP) is 3.72. The molecule has 0 heterocycles. The standard InChI is InChI=1S/C23H17BO3/c1-23(2)19-6-4-3-5-15(19)16-9-7-13(11-20(16)23)21(25)18-12-14(24)8-10-17(18)22(26)27/h3-12H,1-2H3,(H,26,27). The van der Waals surface area contributed by atoms with Crippen molar-refractivity contribution < 1.29 is 14.7 Å². The molecule has 0 saturated carbocycles. The molecule has 0 aromatic heterocycles. The second-order valence-electron chi connectivity index (χ2n) is 7.37. The van der Waals surface area contributed by atoms with Crippen LogP contribution in [0.1, 0.15) is 51.3 Å². The number of ketones is 1. The summed E-state index contributed by atoms with van der Waals surface area (Å²) >= 11 is 0. The van der Waals surface area contributed by atoms with Gasteiger partial charge in [-0.2, -0.15) is 0 Å². The van der Waals surface area contributed by atoms with Gasteiger partial charge in [0.2, 0.25) is 0 Å². The molecule has 0 saturated heterocycles. The van der Waals surface area contributed by atoms with E-state index in [1.54, 1.807) is 6.07 Å². The molecule has 1 aliphatic carbocycles. The molecule has 0 spiro atoms. The number of carboxylic acids is 1. The Morgan fingerprint density at radius 1 is 0.852 bits per heavy atom. The minimum Gasteiger partial charge on any atom is -0.478 e. The molecule has 0 unspecified atom stereocenters. The molecule has 4 heteroatoms. The van der Waals surface area contributed by atoms with E-state index in [2.05, 4.69) is 26.0 Å². The fourth-order valence-corrected chi connectivity index (χ4v) is 3.94. The Hall–Kier alpha value is -3.14. The molecule has 2 radical (unpaired) electrons. The van der Waals surface area contributed by atoms with Crippen molar-refractivity contribution in [3.63, 3.8) is 0 Å². The summed E-state index contributed by atoms with van der Waals surface area (Å²) in [5, 5.41) is 9.42. The summed E-state index contributed by atoms with van der Waals surface area (Å²) in [4.78, 5) is 24.6. The van der Waals surface area contributed by atoms with Crippen molar-refractivity contribution in [3.05, 3.63) is 88.5 Å². The van der Waals surface area contributed by atoms with E-state index in [9.17, 15) is 14.7 Å². The van der Waals surface area contributed by atoms with Crippen molar-refractivity contribution in [1.29, 1.82) is 0 Å². The van der Waals surface area contributed by atoms with E-state index in [0.29, 0.717) is 11.0 Å². The van der Waals surface area contributed by atoms with Gasteiger partial charge in [0.1, 0.15) is 7.85 Å². The first-order valence-corrected chi connectivity index (χ1v) is 8.72. The van der Waals surface area contributed by atoms with Crippen molar-refractivity contribution in [2.24, 2.45) is 0 Å². The van der Waals surface area contributed by atoms with Gasteiger partial charge >= 0.3 is 5.97 Å². The van der Waals surface area contributed by atoms with Gasteiger partial charge in [-0.15, -0.1) is 0 Å². The summed E-state index contributed by atoms with van der Waals surface area (Å²) in [6.07, 6.45) is 0. The summed E-state index contributed by atoms with van der Waals surface area (Å²) in [6.45, 7) is 4.27. The third-order valence-electron chi connectivity index (χ3n) is 5.36. The maximum atomic E-state index is 13.1. The van der Waals surface area contributed by atoms with Gasteiger partial charge < -0.3 is 5.11 Å². The van der Waals surface area contributed by atoms with E-state index in [1.165, 1.54) is 29.3 Å². The normalized spacial score (nSPS) is 13.7. The minimum atomic E-state index is -1.15. The van der Waals surface area contributed by atoms with Crippen LogP contribution in [0.4, 0.5) is 0 Å². The molecule has 3 nitrogen and oxygen atoms in total. The number of benzene rings is 3. The average Bonchev–Trinajstić information content (AvgIpc) is 2.88. The minimum absolute atomic E-state index is 0.0442. The molecule has 0 atom stereocenters. The molecule has 1 aliphatic rings. The lowest BCUT2D eigenvalue weighted by Crippen LogP contribution is -2.17. The van der Waals surface area contributed by atoms with Gasteiger partial charge in [0.05, 0.1) is 5.56 Å². The van der Waals surface area contributed by atoms with Crippen molar-refractivity contribution in [2.45, 2.75) is 19.3 Å². The first-order valence-electron chi connectivity index (χ1n) is 8.72. The number of hydrogen-bond acceptors (Lipinski definition) is 2. The molecule has 27 heavy (non-hydrogen) atoms. The number of carbonyl (C=O) groups excluding carboxylic acids is 1. The van der Waals surface area contributed by atoms with Gasteiger partial charge in [-0.25, -0.2) is 4.79 Å². The highest BCUT2D eigenvalue weighted by molar-refractivity contribution is 6.33. The summed E-state index contributed by atoms with van der Waals surface area (Å²) in [7, 11) is 5.79. The van der Waals surface area contributed by atoms with E-state index in [4.69, 9.17) is 7.85 Å². The molecule has 3 aromatic rings. The SMILES string of the molecule is [B]c1ccc(C(=O)O)c(C(=O)c2ccc3c(c2)C(C)(C)c2ccccc2-3)c1. The van der Waals surface area contributed by atoms with Crippen LogP contribution in [-0.2, 0) is 5.41 Å². The Kier molecular flexibility index (Phi) is 3.81.